The number of aromatic nitrogens is 2. The number of nitro groups is 1. The fraction of sp³-hybridized carbons (Fsp3) is 0.0667. The van der Waals surface area contributed by atoms with Gasteiger partial charge in [0.2, 0.25) is 5.82 Å². The van der Waals surface area contributed by atoms with Gasteiger partial charge in [0, 0.05) is 16.1 Å². The standard InChI is InChI=1S/C15H10BrN3O4/c16-11-4-1-3-10(7-11)15-17-14(23-18-15)9-22-13-6-2-5-12(8-13)19(20)21/h1-8H,9H2. The molecule has 116 valence electrons. The molecule has 1 heterocycles. The lowest BCUT2D eigenvalue weighted by Crippen LogP contribution is -1.96. The quantitative estimate of drug-likeness (QED) is 0.494. The van der Waals surface area contributed by atoms with Gasteiger partial charge in [-0.3, -0.25) is 10.1 Å². The van der Waals surface area contributed by atoms with Gasteiger partial charge in [0.25, 0.3) is 11.6 Å². The molecule has 0 saturated heterocycles. The molecule has 2 aromatic carbocycles. The fourth-order valence-corrected chi connectivity index (χ4v) is 2.29. The maximum atomic E-state index is 10.7. The van der Waals surface area contributed by atoms with Gasteiger partial charge >= 0.3 is 0 Å². The van der Waals surface area contributed by atoms with E-state index in [2.05, 4.69) is 26.1 Å². The lowest BCUT2D eigenvalue weighted by molar-refractivity contribution is -0.384. The highest BCUT2D eigenvalue weighted by atomic mass is 79.9. The summed E-state index contributed by atoms with van der Waals surface area (Å²) in [7, 11) is 0. The summed E-state index contributed by atoms with van der Waals surface area (Å²) in [5.74, 6) is 1.09. The molecule has 0 spiro atoms. The summed E-state index contributed by atoms with van der Waals surface area (Å²) in [5, 5.41) is 14.6. The molecule has 8 heteroatoms. The Labute approximate surface area is 139 Å². The highest BCUT2D eigenvalue weighted by Gasteiger charge is 2.11. The molecule has 3 aromatic rings. The Kier molecular flexibility index (Phi) is 4.33. The molecule has 7 nitrogen and oxygen atoms in total. The molecule has 0 aliphatic carbocycles. The van der Waals surface area contributed by atoms with Crippen LogP contribution in [-0.4, -0.2) is 15.1 Å². The highest BCUT2D eigenvalue weighted by molar-refractivity contribution is 9.10. The van der Waals surface area contributed by atoms with Crippen LogP contribution in [0.5, 0.6) is 5.75 Å². The minimum Gasteiger partial charge on any atom is -0.484 e. The van der Waals surface area contributed by atoms with E-state index < -0.39 is 4.92 Å². The Balaban J connectivity index is 1.70. The molecule has 0 amide bonds. The number of halogens is 1. The average Bonchev–Trinajstić information content (AvgIpc) is 3.02. The van der Waals surface area contributed by atoms with E-state index in [0.717, 1.165) is 10.0 Å². The van der Waals surface area contributed by atoms with Gasteiger partial charge in [0.15, 0.2) is 6.61 Å². The topological polar surface area (TPSA) is 91.3 Å². The molecular weight excluding hydrogens is 366 g/mol. The Morgan fingerprint density at radius 2 is 2.04 bits per heavy atom. The van der Waals surface area contributed by atoms with E-state index in [9.17, 15) is 10.1 Å². The number of rotatable bonds is 5. The van der Waals surface area contributed by atoms with Crippen LogP contribution in [0.2, 0.25) is 0 Å². The number of hydrogen-bond acceptors (Lipinski definition) is 6. The lowest BCUT2D eigenvalue weighted by Gasteiger charge is -2.02. The number of nitrogens with zero attached hydrogens (tertiary/aromatic N) is 3. The molecular formula is C15H10BrN3O4. The van der Waals surface area contributed by atoms with Crippen molar-refractivity contribution in [2.75, 3.05) is 0 Å². The van der Waals surface area contributed by atoms with E-state index >= 15 is 0 Å². The third-order valence-corrected chi connectivity index (χ3v) is 3.43. The van der Waals surface area contributed by atoms with Crippen molar-refractivity contribution in [1.82, 2.24) is 10.1 Å². The van der Waals surface area contributed by atoms with Gasteiger partial charge in [0.05, 0.1) is 11.0 Å². The maximum absolute atomic E-state index is 10.7. The van der Waals surface area contributed by atoms with Crippen LogP contribution in [0.25, 0.3) is 11.4 Å². The van der Waals surface area contributed by atoms with E-state index in [4.69, 9.17) is 9.26 Å². The summed E-state index contributed by atoms with van der Waals surface area (Å²) < 4.78 is 11.5. The summed E-state index contributed by atoms with van der Waals surface area (Å²) in [5.41, 5.74) is 0.771. The third-order valence-electron chi connectivity index (χ3n) is 2.94. The minimum atomic E-state index is -0.481. The van der Waals surface area contributed by atoms with Crippen molar-refractivity contribution < 1.29 is 14.2 Å². The first-order valence-electron chi connectivity index (χ1n) is 6.57. The average molecular weight is 376 g/mol. The number of nitro benzene ring substituents is 1. The van der Waals surface area contributed by atoms with Gasteiger partial charge in [-0.1, -0.05) is 39.3 Å². The van der Waals surface area contributed by atoms with Crippen LogP contribution in [0, 0.1) is 10.1 Å². The van der Waals surface area contributed by atoms with Crippen molar-refractivity contribution in [2.45, 2.75) is 6.61 Å². The molecule has 0 atom stereocenters. The summed E-state index contributed by atoms with van der Waals surface area (Å²) in [6.07, 6.45) is 0. The molecule has 0 radical (unpaired) electrons. The Hall–Kier alpha value is -2.74. The highest BCUT2D eigenvalue weighted by Crippen LogP contribution is 2.22. The van der Waals surface area contributed by atoms with E-state index in [1.54, 1.807) is 12.1 Å². The normalized spacial score (nSPS) is 10.5. The molecule has 0 aliphatic heterocycles. The van der Waals surface area contributed by atoms with E-state index in [1.165, 1.54) is 12.1 Å². The molecule has 0 saturated carbocycles. The van der Waals surface area contributed by atoms with Crippen molar-refractivity contribution in [2.24, 2.45) is 0 Å². The van der Waals surface area contributed by atoms with Gasteiger partial charge in [0.1, 0.15) is 5.75 Å². The molecule has 0 bridgehead atoms. The van der Waals surface area contributed by atoms with Crippen LogP contribution < -0.4 is 4.74 Å². The van der Waals surface area contributed by atoms with Crippen LogP contribution in [0.1, 0.15) is 5.89 Å². The summed E-state index contributed by atoms with van der Waals surface area (Å²) in [6.45, 7) is 0.0299. The molecule has 0 unspecified atom stereocenters. The zero-order valence-electron chi connectivity index (χ0n) is 11.7. The number of ether oxygens (including phenoxy) is 1. The predicted molar refractivity (Wildman–Crippen MR) is 84.9 cm³/mol. The Morgan fingerprint density at radius 1 is 1.22 bits per heavy atom. The number of benzene rings is 2. The molecule has 0 fully saturated rings. The maximum Gasteiger partial charge on any atom is 0.273 e. The summed E-state index contributed by atoms with van der Waals surface area (Å²) in [6, 6.07) is 13.4. The number of hydrogen-bond donors (Lipinski definition) is 0. The SMILES string of the molecule is O=[N+]([O-])c1cccc(OCc2nc(-c3cccc(Br)c3)no2)c1. The minimum absolute atomic E-state index is 0.0299. The van der Waals surface area contributed by atoms with E-state index in [0.29, 0.717) is 11.6 Å². The largest absolute Gasteiger partial charge is 0.484 e. The van der Waals surface area contributed by atoms with E-state index in [-0.39, 0.29) is 18.2 Å². The third kappa shape index (κ3) is 3.72. The van der Waals surface area contributed by atoms with Crippen molar-refractivity contribution >= 4 is 21.6 Å². The monoisotopic (exact) mass is 375 g/mol. The van der Waals surface area contributed by atoms with Crippen molar-refractivity contribution in [3.8, 4) is 17.1 Å². The number of non-ortho nitro benzene ring substituents is 1. The van der Waals surface area contributed by atoms with Crippen LogP contribution in [-0.2, 0) is 6.61 Å². The first kappa shape index (κ1) is 15.2. The van der Waals surface area contributed by atoms with Gasteiger partial charge in [-0.05, 0) is 18.2 Å². The van der Waals surface area contributed by atoms with E-state index in [1.807, 2.05) is 24.3 Å². The van der Waals surface area contributed by atoms with Crippen molar-refractivity contribution in [1.29, 1.82) is 0 Å². The van der Waals surface area contributed by atoms with Gasteiger partial charge in [-0.25, -0.2) is 0 Å². The Bertz CT molecular complexity index is 850. The Morgan fingerprint density at radius 3 is 2.83 bits per heavy atom. The molecule has 23 heavy (non-hydrogen) atoms. The molecule has 3 rings (SSSR count). The van der Waals surface area contributed by atoms with Crippen LogP contribution >= 0.6 is 15.9 Å². The van der Waals surface area contributed by atoms with Gasteiger partial charge in [-0.2, -0.15) is 4.98 Å². The summed E-state index contributed by atoms with van der Waals surface area (Å²) >= 11 is 3.38. The zero-order chi connectivity index (χ0) is 16.2. The summed E-state index contributed by atoms with van der Waals surface area (Å²) in [4.78, 5) is 14.5. The smallest absolute Gasteiger partial charge is 0.273 e. The van der Waals surface area contributed by atoms with Gasteiger partial charge < -0.3 is 9.26 Å². The molecule has 1 aromatic heterocycles. The molecule has 0 N–H and O–H groups in total. The first-order chi connectivity index (χ1) is 11.1. The predicted octanol–water partition coefficient (Wildman–Crippen LogP) is 3.99. The second-order valence-corrected chi connectivity index (χ2v) is 5.48. The lowest BCUT2D eigenvalue weighted by atomic mass is 10.2. The van der Waals surface area contributed by atoms with Crippen molar-refractivity contribution in [3.63, 3.8) is 0 Å². The van der Waals surface area contributed by atoms with Crippen LogP contribution in [0.4, 0.5) is 5.69 Å². The van der Waals surface area contributed by atoms with Crippen molar-refractivity contribution in [3.05, 3.63) is 69.0 Å². The zero-order valence-corrected chi connectivity index (χ0v) is 13.3. The fourth-order valence-electron chi connectivity index (χ4n) is 1.89. The second kappa shape index (κ2) is 6.57. The molecule has 0 aliphatic rings. The van der Waals surface area contributed by atoms with Crippen LogP contribution in [0.3, 0.4) is 0 Å². The first-order valence-corrected chi connectivity index (χ1v) is 7.37. The second-order valence-electron chi connectivity index (χ2n) is 4.57. The van der Waals surface area contributed by atoms with Crippen LogP contribution in [0.15, 0.2) is 57.5 Å². The van der Waals surface area contributed by atoms with Gasteiger partial charge in [-0.15, -0.1) is 0 Å².